The molecule has 1 aliphatic carbocycles. The Morgan fingerprint density at radius 3 is 2.85 bits per heavy atom. The van der Waals surface area contributed by atoms with E-state index in [2.05, 4.69) is 16.8 Å². The van der Waals surface area contributed by atoms with Crippen LogP contribution in [0.1, 0.15) is 36.8 Å². The molecule has 0 aromatic heterocycles. The lowest BCUT2D eigenvalue weighted by Crippen LogP contribution is -2.37. The predicted molar refractivity (Wildman–Crippen MR) is 78.5 cm³/mol. The van der Waals surface area contributed by atoms with Crippen LogP contribution in [0.3, 0.4) is 0 Å². The monoisotopic (exact) mass is 275 g/mol. The van der Waals surface area contributed by atoms with Gasteiger partial charge in [0.05, 0.1) is 0 Å². The van der Waals surface area contributed by atoms with E-state index in [-0.39, 0.29) is 5.82 Å². The Morgan fingerprint density at radius 1 is 1.35 bits per heavy atom. The first-order chi connectivity index (χ1) is 9.65. The van der Waals surface area contributed by atoms with Gasteiger partial charge in [-0.2, -0.15) is 0 Å². The van der Waals surface area contributed by atoms with Crippen molar-refractivity contribution in [1.29, 1.82) is 5.41 Å². The molecule has 3 rings (SSSR count). The number of nitrogens with zero attached hydrogens (tertiary/aromatic N) is 2. The third-order valence-electron chi connectivity index (χ3n) is 4.68. The summed E-state index contributed by atoms with van der Waals surface area (Å²) in [6.45, 7) is 2.57. The average molecular weight is 275 g/mol. The molecule has 3 nitrogen and oxygen atoms in total. The highest BCUT2D eigenvalue weighted by Crippen LogP contribution is 2.25. The Bertz CT molecular complexity index is 508. The van der Waals surface area contributed by atoms with E-state index in [1.54, 1.807) is 6.07 Å². The number of benzene rings is 1. The molecule has 0 radical (unpaired) electrons. The smallest absolute Gasteiger partial charge is 0.128 e. The second-order valence-corrected chi connectivity index (χ2v) is 5.99. The quantitative estimate of drug-likeness (QED) is 0.916. The maximum Gasteiger partial charge on any atom is 0.128 e. The zero-order chi connectivity index (χ0) is 14.1. The first kappa shape index (κ1) is 13.6. The molecule has 0 saturated heterocycles. The third-order valence-corrected chi connectivity index (χ3v) is 4.68. The van der Waals surface area contributed by atoms with E-state index in [9.17, 15) is 4.39 Å². The number of hydrogen-bond acceptors (Lipinski definition) is 2. The first-order valence-corrected chi connectivity index (χ1v) is 7.47. The largest absolute Gasteiger partial charge is 0.351 e. The van der Waals surface area contributed by atoms with Crippen LogP contribution >= 0.6 is 0 Å². The molecule has 108 valence electrons. The molecule has 0 unspecified atom stereocenters. The number of likely N-dealkylation sites (N-methyl/N-ethyl adjacent to an activating group) is 1. The summed E-state index contributed by atoms with van der Waals surface area (Å²) in [7, 11) is 2.18. The minimum absolute atomic E-state index is 0.251. The molecular weight excluding hydrogens is 253 g/mol. The number of rotatable bonds is 4. The molecule has 4 heteroatoms. The molecule has 0 spiro atoms. The number of halogens is 1. The van der Waals surface area contributed by atoms with Crippen LogP contribution in [0, 0.1) is 11.2 Å². The van der Waals surface area contributed by atoms with Gasteiger partial charge in [0.1, 0.15) is 11.7 Å². The standard InChI is InChI=1S/C16H22FN3/c1-19(14-4-2-3-5-14)8-9-20-11-12-6-7-13(17)10-15(12)16(20)18/h6-7,10,14,18H,2-5,8-9,11H2,1H3. The van der Waals surface area contributed by atoms with Crippen LogP contribution in [0.2, 0.25) is 0 Å². The highest BCUT2D eigenvalue weighted by Gasteiger charge is 2.25. The Hall–Kier alpha value is -1.42. The van der Waals surface area contributed by atoms with Crippen molar-refractivity contribution in [3.8, 4) is 0 Å². The number of fused-ring (bicyclic) bond motifs is 1. The molecule has 1 aliphatic heterocycles. The highest BCUT2D eigenvalue weighted by molar-refractivity contribution is 6.00. The van der Waals surface area contributed by atoms with E-state index < -0.39 is 0 Å². The first-order valence-electron chi connectivity index (χ1n) is 7.47. The maximum absolute atomic E-state index is 13.3. The SMILES string of the molecule is CN(CCN1Cc2ccc(F)cc2C1=N)C1CCCC1. The second kappa shape index (κ2) is 5.52. The Morgan fingerprint density at radius 2 is 2.10 bits per heavy atom. The molecule has 1 aromatic carbocycles. The fourth-order valence-electron chi connectivity index (χ4n) is 3.36. The topological polar surface area (TPSA) is 30.3 Å². The van der Waals surface area contributed by atoms with Crippen molar-refractivity contribution in [1.82, 2.24) is 9.80 Å². The van der Waals surface area contributed by atoms with Crippen molar-refractivity contribution in [3.63, 3.8) is 0 Å². The Kier molecular flexibility index (Phi) is 3.74. The third kappa shape index (κ3) is 2.57. The van der Waals surface area contributed by atoms with E-state index in [4.69, 9.17) is 5.41 Å². The molecule has 0 amide bonds. The van der Waals surface area contributed by atoms with E-state index in [0.29, 0.717) is 11.9 Å². The summed E-state index contributed by atoms with van der Waals surface area (Å²) in [5.41, 5.74) is 1.83. The van der Waals surface area contributed by atoms with Crippen molar-refractivity contribution in [2.24, 2.45) is 0 Å². The van der Waals surface area contributed by atoms with Gasteiger partial charge >= 0.3 is 0 Å². The highest BCUT2D eigenvalue weighted by atomic mass is 19.1. The number of hydrogen-bond donors (Lipinski definition) is 1. The summed E-state index contributed by atoms with van der Waals surface area (Å²) in [6.07, 6.45) is 5.30. The zero-order valence-electron chi connectivity index (χ0n) is 12.0. The van der Waals surface area contributed by atoms with Crippen molar-refractivity contribution < 1.29 is 4.39 Å². The molecule has 0 atom stereocenters. The second-order valence-electron chi connectivity index (χ2n) is 5.99. The van der Waals surface area contributed by atoms with Crippen LogP contribution in [0.15, 0.2) is 18.2 Å². The van der Waals surface area contributed by atoms with Crippen molar-refractivity contribution in [3.05, 3.63) is 35.1 Å². The summed E-state index contributed by atoms with van der Waals surface area (Å²) in [5.74, 6) is 0.220. The van der Waals surface area contributed by atoms with Gasteiger partial charge in [0.2, 0.25) is 0 Å². The Labute approximate surface area is 119 Å². The van der Waals surface area contributed by atoms with Gasteiger partial charge in [-0.1, -0.05) is 18.9 Å². The fraction of sp³-hybridized carbons (Fsp3) is 0.562. The van der Waals surface area contributed by atoms with E-state index in [1.165, 1.54) is 37.8 Å². The van der Waals surface area contributed by atoms with Crippen molar-refractivity contribution in [2.45, 2.75) is 38.3 Å². The molecule has 1 aromatic rings. The molecule has 1 fully saturated rings. The normalized spacial score (nSPS) is 19.1. The van der Waals surface area contributed by atoms with Gasteiger partial charge in [-0.15, -0.1) is 0 Å². The van der Waals surface area contributed by atoms with Crippen LogP contribution in [0.25, 0.3) is 0 Å². The summed E-state index contributed by atoms with van der Waals surface area (Å²) >= 11 is 0. The fourth-order valence-corrected chi connectivity index (χ4v) is 3.36. The number of nitrogens with one attached hydrogen (secondary N) is 1. The minimum atomic E-state index is -0.251. The summed E-state index contributed by atoms with van der Waals surface area (Å²) in [5, 5.41) is 8.18. The van der Waals surface area contributed by atoms with Gasteiger partial charge in [0.25, 0.3) is 0 Å². The lowest BCUT2D eigenvalue weighted by atomic mass is 10.1. The zero-order valence-corrected chi connectivity index (χ0v) is 12.0. The molecule has 1 N–H and O–H groups in total. The van der Waals surface area contributed by atoms with Gasteiger partial charge in [-0.3, -0.25) is 5.41 Å². The summed E-state index contributed by atoms with van der Waals surface area (Å²) in [4.78, 5) is 4.47. The Balaban J connectivity index is 1.59. The van der Waals surface area contributed by atoms with E-state index in [1.807, 2.05) is 0 Å². The van der Waals surface area contributed by atoms with Gasteiger partial charge in [0.15, 0.2) is 0 Å². The molecule has 20 heavy (non-hydrogen) atoms. The molecule has 2 aliphatic rings. The van der Waals surface area contributed by atoms with Gasteiger partial charge < -0.3 is 9.80 Å². The van der Waals surface area contributed by atoms with E-state index >= 15 is 0 Å². The molecule has 0 bridgehead atoms. The van der Waals surface area contributed by atoms with Crippen LogP contribution < -0.4 is 0 Å². The summed E-state index contributed by atoms with van der Waals surface area (Å²) in [6, 6.07) is 5.49. The van der Waals surface area contributed by atoms with Crippen LogP contribution in [-0.2, 0) is 6.54 Å². The predicted octanol–water partition coefficient (Wildman–Crippen LogP) is 2.84. The van der Waals surface area contributed by atoms with Gasteiger partial charge in [-0.25, -0.2) is 4.39 Å². The lowest BCUT2D eigenvalue weighted by Gasteiger charge is -2.27. The minimum Gasteiger partial charge on any atom is -0.351 e. The van der Waals surface area contributed by atoms with Crippen LogP contribution in [0.5, 0.6) is 0 Å². The van der Waals surface area contributed by atoms with Gasteiger partial charge in [-0.05, 0) is 37.6 Å². The van der Waals surface area contributed by atoms with Crippen LogP contribution in [0.4, 0.5) is 4.39 Å². The van der Waals surface area contributed by atoms with Crippen molar-refractivity contribution >= 4 is 5.84 Å². The number of amidine groups is 1. The molecular formula is C16H22FN3. The van der Waals surface area contributed by atoms with E-state index in [0.717, 1.165) is 30.8 Å². The summed E-state index contributed by atoms with van der Waals surface area (Å²) < 4.78 is 13.3. The molecule has 1 heterocycles. The van der Waals surface area contributed by atoms with Crippen LogP contribution in [-0.4, -0.2) is 41.8 Å². The van der Waals surface area contributed by atoms with Gasteiger partial charge in [0, 0.05) is 31.2 Å². The van der Waals surface area contributed by atoms with Crippen molar-refractivity contribution in [2.75, 3.05) is 20.1 Å². The lowest BCUT2D eigenvalue weighted by molar-refractivity contribution is 0.224. The average Bonchev–Trinajstić information content (AvgIpc) is 3.06. The maximum atomic E-state index is 13.3. The molecule has 1 saturated carbocycles.